The molecule has 0 aliphatic carbocycles. The molecule has 1 unspecified atom stereocenters. The van der Waals surface area contributed by atoms with Gasteiger partial charge in [-0.25, -0.2) is 17.9 Å². The molecule has 0 radical (unpaired) electrons. The molecule has 4 nitrogen and oxygen atoms in total. The van der Waals surface area contributed by atoms with E-state index in [2.05, 4.69) is 0 Å². The molecular formula is C13H20FNO3S. The summed E-state index contributed by atoms with van der Waals surface area (Å²) >= 11 is 0. The summed E-state index contributed by atoms with van der Waals surface area (Å²) < 4.78 is 41.1. The third-order valence-electron chi connectivity index (χ3n) is 2.73. The average molecular weight is 289 g/mol. The van der Waals surface area contributed by atoms with E-state index in [0.717, 1.165) is 12.0 Å². The van der Waals surface area contributed by atoms with Crippen molar-refractivity contribution in [3.63, 3.8) is 0 Å². The predicted octanol–water partition coefficient (Wildman–Crippen LogP) is 2.22. The van der Waals surface area contributed by atoms with E-state index in [-0.39, 0.29) is 24.0 Å². The van der Waals surface area contributed by atoms with Gasteiger partial charge in [0, 0.05) is 5.92 Å². The number of hydrogen-bond donors (Lipinski definition) is 1. The maximum absolute atomic E-state index is 13.5. The summed E-state index contributed by atoms with van der Waals surface area (Å²) in [5, 5.41) is 5.03. The van der Waals surface area contributed by atoms with Crippen molar-refractivity contribution in [3.05, 3.63) is 29.6 Å². The minimum Gasteiger partial charge on any atom is -0.490 e. The van der Waals surface area contributed by atoms with Gasteiger partial charge in [-0.05, 0) is 31.0 Å². The monoisotopic (exact) mass is 289 g/mol. The summed E-state index contributed by atoms with van der Waals surface area (Å²) in [6.07, 6.45) is 1.49. The van der Waals surface area contributed by atoms with Crippen LogP contribution in [0.4, 0.5) is 4.39 Å². The zero-order valence-electron chi connectivity index (χ0n) is 11.2. The molecule has 0 amide bonds. The van der Waals surface area contributed by atoms with Crippen molar-refractivity contribution < 1.29 is 17.5 Å². The Kier molecular flexibility index (Phi) is 5.75. The van der Waals surface area contributed by atoms with E-state index >= 15 is 0 Å². The Morgan fingerprint density at radius 1 is 1.42 bits per heavy atom. The fraction of sp³-hybridized carbons (Fsp3) is 0.538. The molecule has 6 heteroatoms. The topological polar surface area (TPSA) is 69.4 Å². The molecule has 0 spiro atoms. The molecule has 0 heterocycles. The molecule has 1 rings (SSSR count). The highest BCUT2D eigenvalue weighted by Gasteiger charge is 2.16. The summed E-state index contributed by atoms with van der Waals surface area (Å²) in [5.41, 5.74) is 0.884. The lowest BCUT2D eigenvalue weighted by Crippen LogP contribution is -2.27. The Balaban J connectivity index is 2.68. The van der Waals surface area contributed by atoms with Crippen LogP contribution in [0.3, 0.4) is 0 Å². The van der Waals surface area contributed by atoms with E-state index in [1.54, 1.807) is 12.1 Å². The Morgan fingerprint density at radius 2 is 2.11 bits per heavy atom. The van der Waals surface area contributed by atoms with E-state index in [9.17, 15) is 12.8 Å². The lowest BCUT2D eigenvalue weighted by atomic mass is 10.1. The van der Waals surface area contributed by atoms with Gasteiger partial charge in [0.1, 0.15) is 0 Å². The highest BCUT2D eigenvalue weighted by molar-refractivity contribution is 7.89. The molecule has 0 fully saturated rings. The summed E-state index contributed by atoms with van der Waals surface area (Å²) in [6.45, 7) is 3.92. The summed E-state index contributed by atoms with van der Waals surface area (Å²) in [4.78, 5) is 0. The van der Waals surface area contributed by atoms with Crippen LogP contribution >= 0.6 is 0 Å². The van der Waals surface area contributed by atoms with Gasteiger partial charge in [-0.15, -0.1) is 0 Å². The number of primary sulfonamides is 1. The van der Waals surface area contributed by atoms with Crippen LogP contribution in [0.2, 0.25) is 0 Å². The zero-order valence-corrected chi connectivity index (χ0v) is 12.0. The second kappa shape index (κ2) is 6.86. The van der Waals surface area contributed by atoms with E-state index < -0.39 is 15.8 Å². The summed E-state index contributed by atoms with van der Waals surface area (Å²) in [5.74, 6) is -0.666. The number of ether oxygens (including phenoxy) is 1. The van der Waals surface area contributed by atoms with E-state index in [1.165, 1.54) is 6.07 Å². The second-order valence-electron chi connectivity index (χ2n) is 4.73. The van der Waals surface area contributed by atoms with Crippen molar-refractivity contribution in [2.24, 2.45) is 11.1 Å². The summed E-state index contributed by atoms with van der Waals surface area (Å²) in [7, 11) is -3.54. The Hall–Kier alpha value is -1.14. The lowest BCUT2D eigenvalue weighted by Gasteiger charge is -2.16. The molecule has 0 aliphatic heterocycles. The molecule has 1 aromatic rings. The smallest absolute Gasteiger partial charge is 0.209 e. The van der Waals surface area contributed by atoms with Gasteiger partial charge in [0.25, 0.3) is 0 Å². The maximum atomic E-state index is 13.5. The van der Waals surface area contributed by atoms with Gasteiger partial charge in [0.15, 0.2) is 11.6 Å². The predicted molar refractivity (Wildman–Crippen MR) is 73.0 cm³/mol. The number of rotatable bonds is 7. The zero-order chi connectivity index (χ0) is 14.5. The van der Waals surface area contributed by atoms with Gasteiger partial charge in [0.2, 0.25) is 10.0 Å². The highest BCUT2D eigenvalue weighted by Crippen LogP contribution is 2.20. The molecule has 0 bridgehead atoms. The normalized spacial score (nSPS) is 13.3. The Labute approximate surface area is 113 Å². The molecular weight excluding hydrogens is 269 g/mol. The van der Waals surface area contributed by atoms with Gasteiger partial charge in [0.05, 0.1) is 12.4 Å². The maximum Gasteiger partial charge on any atom is 0.209 e. The first-order valence-corrected chi connectivity index (χ1v) is 7.92. The SMILES string of the molecule is CCCC(COc1cc(C)ccc1F)CS(N)(=O)=O. The van der Waals surface area contributed by atoms with Crippen molar-refractivity contribution in [3.8, 4) is 5.75 Å². The van der Waals surface area contributed by atoms with Gasteiger partial charge < -0.3 is 4.74 Å². The van der Waals surface area contributed by atoms with E-state index in [4.69, 9.17) is 9.88 Å². The quantitative estimate of drug-likeness (QED) is 0.836. The third kappa shape index (κ3) is 6.02. The number of nitrogens with two attached hydrogens (primary N) is 1. The number of hydrogen-bond acceptors (Lipinski definition) is 3. The fourth-order valence-electron chi connectivity index (χ4n) is 1.88. The van der Waals surface area contributed by atoms with Crippen LogP contribution in [0.5, 0.6) is 5.75 Å². The Bertz CT molecular complexity index is 517. The average Bonchev–Trinajstić information content (AvgIpc) is 2.28. The summed E-state index contributed by atoms with van der Waals surface area (Å²) in [6, 6.07) is 4.57. The van der Waals surface area contributed by atoms with Crippen molar-refractivity contribution in [2.75, 3.05) is 12.4 Å². The number of benzene rings is 1. The molecule has 1 aromatic carbocycles. The van der Waals surface area contributed by atoms with Crippen LogP contribution in [0.25, 0.3) is 0 Å². The molecule has 0 saturated carbocycles. The molecule has 19 heavy (non-hydrogen) atoms. The molecule has 2 N–H and O–H groups in total. The standard InChI is InChI=1S/C13H20FNO3S/c1-3-4-11(9-19(15,16)17)8-18-13-7-10(2)5-6-12(13)14/h5-7,11H,3-4,8-9H2,1-2H3,(H2,15,16,17). The number of aryl methyl sites for hydroxylation is 1. The second-order valence-corrected chi connectivity index (χ2v) is 6.39. The van der Waals surface area contributed by atoms with Crippen LogP contribution in [0.1, 0.15) is 25.3 Å². The van der Waals surface area contributed by atoms with Crippen LogP contribution in [-0.2, 0) is 10.0 Å². The number of halogens is 1. The molecule has 1 atom stereocenters. The molecule has 0 saturated heterocycles. The minimum atomic E-state index is -3.54. The molecule has 108 valence electrons. The van der Waals surface area contributed by atoms with E-state index in [0.29, 0.717) is 6.42 Å². The lowest BCUT2D eigenvalue weighted by molar-refractivity contribution is 0.242. The first-order valence-electron chi connectivity index (χ1n) is 6.21. The molecule has 0 aliphatic rings. The molecule has 0 aromatic heterocycles. The van der Waals surface area contributed by atoms with Crippen molar-refractivity contribution in [1.82, 2.24) is 0 Å². The van der Waals surface area contributed by atoms with Gasteiger partial charge in [-0.2, -0.15) is 0 Å². The van der Waals surface area contributed by atoms with Crippen molar-refractivity contribution >= 4 is 10.0 Å². The van der Waals surface area contributed by atoms with Crippen LogP contribution in [0, 0.1) is 18.7 Å². The van der Waals surface area contributed by atoms with Crippen LogP contribution < -0.4 is 9.88 Å². The highest BCUT2D eigenvalue weighted by atomic mass is 32.2. The van der Waals surface area contributed by atoms with E-state index in [1.807, 2.05) is 13.8 Å². The van der Waals surface area contributed by atoms with Gasteiger partial charge in [-0.1, -0.05) is 19.4 Å². The van der Waals surface area contributed by atoms with Crippen molar-refractivity contribution in [1.29, 1.82) is 0 Å². The fourth-order valence-corrected chi connectivity index (χ4v) is 2.80. The largest absolute Gasteiger partial charge is 0.490 e. The van der Waals surface area contributed by atoms with Crippen molar-refractivity contribution in [2.45, 2.75) is 26.7 Å². The number of sulfonamides is 1. The van der Waals surface area contributed by atoms with Crippen LogP contribution in [0.15, 0.2) is 18.2 Å². The van der Waals surface area contributed by atoms with Crippen LogP contribution in [-0.4, -0.2) is 20.8 Å². The van der Waals surface area contributed by atoms with Gasteiger partial charge in [-0.3, -0.25) is 0 Å². The first-order chi connectivity index (χ1) is 8.81. The Morgan fingerprint density at radius 3 is 2.68 bits per heavy atom. The van der Waals surface area contributed by atoms with Gasteiger partial charge >= 0.3 is 0 Å². The minimum absolute atomic E-state index is 0.143. The first kappa shape index (κ1) is 15.9. The third-order valence-corrected chi connectivity index (χ3v) is 3.66.